The van der Waals surface area contributed by atoms with Gasteiger partial charge < -0.3 is 29.7 Å². The smallest absolute Gasteiger partial charge is 0.258 e. The van der Waals surface area contributed by atoms with Crippen molar-refractivity contribution < 1.29 is 41.4 Å². The average Bonchev–Trinajstić information content (AvgIpc) is 3.54. The number of sulfonamides is 1. The molecule has 3 heterocycles. The molecular weight excluding hydrogens is 603 g/mol. The summed E-state index contributed by atoms with van der Waals surface area (Å²) in [7, 11) is -2.43. The number of piperidine rings is 1. The Morgan fingerprint density at radius 1 is 1.21 bits per heavy atom. The van der Waals surface area contributed by atoms with Crippen LogP contribution in [0.3, 0.4) is 0 Å². The number of ether oxygens (including phenoxy) is 3. The highest BCUT2D eigenvalue weighted by Gasteiger charge is 2.35. The first-order valence-corrected chi connectivity index (χ1v) is 15.6. The van der Waals surface area contributed by atoms with Gasteiger partial charge in [0.2, 0.25) is 5.91 Å². The van der Waals surface area contributed by atoms with Gasteiger partial charge >= 0.3 is 0 Å². The van der Waals surface area contributed by atoms with Crippen LogP contribution in [0.1, 0.15) is 22.3 Å². The molecule has 3 N–H and O–H groups in total. The number of carbonyl (C=O) groups excluding carboxylic acids is 3. The Bertz CT molecular complexity index is 1620. The first-order valence-electron chi connectivity index (χ1n) is 13.3. The molecular formula is C28H29FN4O8S2. The maximum Gasteiger partial charge on any atom is 0.258 e. The van der Waals surface area contributed by atoms with Crippen molar-refractivity contribution in [2.45, 2.75) is 29.3 Å². The molecule has 4 bridgehead atoms. The second-order valence-electron chi connectivity index (χ2n) is 9.85. The third-order valence-corrected chi connectivity index (χ3v) is 9.68. The highest BCUT2D eigenvalue weighted by Crippen LogP contribution is 2.29. The summed E-state index contributed by atoms with van der Waals surface area (Å²) in [6, 6.07) is 10.9. The Morgan fingerprint density at radius 2 is 2.05 bits per heavy atom. The number of halogens is 1. The van der Waals surface area contributed by atoms with E-state index in [-0.39, 0.29) is 47.3 Å². The predicted octanol–water partition coefficient (Wildman–Crippen LogP) is 1.66. The van der Waals surface area contributed by atoms with Crippen LogP contribution in [0.25, 0.3) is 0 Å². The highest BCUT2D eigenvalue weighted by molar-refractivity contribution is 7.91. The van der Waals surface area contributed by atoms with Gasteiger partial charge in [-0.05, 0) is 47.3 Å². The zero-order valence-corrected chi connectivity index (χ0v) is 24.6. The maximum absolute atomic E-state index is 14.5. The lowest BCUT2D eigenvalue weighted by molar-refractivity contribution is -0.134. The molecule has 2 atom stereocenters. The number of carbonyl (C=O) groups is 3. The van der Waals surface area contributed by atoms with Gasteiger partial charge in [0.05, 0.1) is 19.7 Å². The summed E-state index contributed by atoms with van der Waals surface area (Å²) in [5.74, 6) is -1.39. The Labute approximate surface area is 251 Å². The number of methoxy groups -OCH3 is 1. The summed E-state index contributed by atoms with van der Waals surface area (Å²) in [6.45, 7) is -0.681. The lowest BCUT2D eigenvalue weighted by atomic mass is 10.0. The van der Waals surface area contributed by atoms with Crippen molar-refractivity contribution >= 4 is 39.1 Å². The fraction of sp³-hybridized carbons (Fsp3) is 0.321. The molecule has 228 valence electrons. The molecule has 1 saturated heterocycles. The lowest BCUT2D eigenvalue weighted by Crippen LogP contribution is -2.59. The summed E-state index contributed by atoms with van der Waals surface area (Å²) >= 11 is 1.03. The van der Waals surface area contributed by atoms with E-state index in [1.807, 2.05) is 0 Å². The largest absolute Gasteiger partial charge is 0.493 e. The highest BCUT2D eigenvalue weighted by atomic mass is 32.2. The van der Waals surface area contributed by atoms with Gasteiger partial charge in [0.15, 0.2) is 18.1 Å². The molecule has 0 aliphatic carbocycles. The van der Waals surface area contributed by atoms with E-state index in [2.05, 4.69) is 15.4 Å². The SMILES string of the molecule is COc1ccc2cc1OCC(=O)N[C@@H]1CN(C(=O)CNS(=O)(=O)c3cccs3)CC[C@@H]1Oc1cc(F)cc(c1)CNC2=O. The normalized spacial score (nSPS) is 19.3. The van der Waals surface area contributed by atoms with Crippen molar-refractivity contribution in [3.8, 4) is 17.2 Å². The molecule has 12 nitrogen and oxygen atoms in total. The zero-order valence-electron chi connectivity index (χ0n) is 23.0. The summed E-state index contributed by atoms with van der Waals surface area (Å²) < 4.78 is 59.0. The molecule has 5 rings (SSSR count). The van der Waals surface area contributed by atoms with E-state index in [4.69, 9.17) is 14.2 Å². The number of likely N-dealkylation sites (tertiary alicyclic amines) is 1. The Morgan fingerprint density at radius 3 is 2.81 bits per heavy atom. The second-order valence-corrected chi connectivity index (χ2v) is 12.8. The summed E-state index contributed by atoms with van der Waals surface area (Å²) in [6.07, 6.45) is -0.404. The Hall–Kier alpha value is -4.21. The van der Waals surface area contributed by atoms with Crippen molar-refractivity contribution in [2.24, 2.45) is 0 Å². The van der Waals surface area contributed by atoms with Gasteiger partial charge in [-0.1, -0.05) is 6.07 Å². The summed E-state index contributed by atoms with van der Waals surface area (Å²) in [4.78, 5) is 40.2. The van der Waals surface area contributed by atoms with Gasteiger partial charge in [0, 0.05) is 37.7 Å². The molecule has 0 radical (unpaired) electrons. The van der Waals surface area contributed by atoms with Gasteiger partial charge in [-0.25, -0.2) is 17.5 Å². The lowest BCUT2D eigenvalue weighted by Gasteiger charge is -2.39. The number of nitrogens with one attached hydrogen (secondary N) is 3. The number of benzene rings is 2. The molecule has 15 heteroatoms. The van der Waals surface area contributed by atoms with Crippen molar-refractivity contribution in [3.05, 3.63) is 70.9 Å². The Balaban J connectivity index is 1.36. The first-order chi connectivity index (χ1) is 20.6. The predicted molar refractivity (Wildman–Crippen MR) is 153 cm³/mol. The number of fused-ring (bicyclic) bond motifs is 5. The molecule has 2 aromatic carbocycles. The molecule has 2 aliphatic rings. The maximum atomic E-state index is 14.5. The molecule has 0 unspecified atom stereocenters. The topological polar surface area (TPSA) is 152 Å². The van der Waals surface area contributed by atoms with Crippen molar-refractivity contribution in [1.29, 1.82) is 0 Å². The molecule has 1 fully saturated rings. The third-order valence-electron chi connectivity index (χ3n) is 6.88. The van der Waals surface area contributed by atoms with E-state index in [1.165, 1.54) is 48.4 Å². The van der Waals surface area contributed by atoms with Gasteiger partial charge in [-0.2, -0.15) is 0 Å². The van der Waals surface area contributed by atoms with Crippen LogP contribution in [0.15, 0.2) is 58.1 Å². The number of nitrogens with zero attached hydrogens (tertiary/aromatic N) is 1. The standard InChI is InChI=1S/C28H29FN4O8S2/c1-39-23-5-4-18-11-24(23)40-16-25(34)32-21-15-33(26(35)14-31-43(37,38)27-3-2-8-42-27)7-6-22(21)41-20-10-17(9-19(29)12-20)13-30-28(18)36/h2-5,8-12,21-22,31H,6-7,13-16H2,1H3,(H,30,36)(H,32,34)/t21-,22+/m1/s1. The molecule has 3 amide bonds. The minimum atomic E-state index is -3.85. The van der Waals surface area contributed by atoms with Crippen LogP contribution < -0.4 is 29.6 Å². The zero-order chi connectivity index (χ0) is 30.6. The second kappa shape index (κ2) is 13.0. The van der Waals surface area contributed by atoms with Gasteiger partial charge in [-0.3, -0.25) is 14.4 Å². The average molecular weight is 633 g/mol. The van der Waals surface area contributed by atoms with E-state index in [1.54, 1.807) is 17.5 Å². The molecule has 2 aliphatic heterocycles. The van der Waals surface area contributed by atoms with E-state index in [0.717, 1.165) is 11.3 Å². The van der Waals surface area contributed by atoms with Crippen LogP contribution in [0.5, 0.6) is 17.2 Å². The van der Waals surface area contributed by atoms with Crippen LogP contribution in [-0.2, 0) is 26.2 Å². The molecule has 3 aromatic rings. The summed E-state index contributed by atoms with van der Waals surface area (Å²) in [5.41, 5.74) is 0.694. The first kappa shape index (κ1) is 30.3. The number of hydrogen-bond donors (Lipinski definition) is 3. The number of rotatable bonds is 5. The minimum absolute atomic E-state index is 0.00695. The van der Waals surface area contributed by atoms with Crippen molar-refractivity contribution in [1.82, 2.24) is 20.3 Å². The fourth-order valence-electron chi connectivity index (χ4n) is 4.77. The van der Waals surface area contributed by atoms with Gasteiger partial charge in [-0.15, -0.1) is 11.3 Å². The van der Waals surface area contributed by atoms with Gasteiger partial charge in [0.25, 0.3) is 21.8 Å². The monoisotopic (exact) mass is 632 g/mol. The van der Waals surface area contributed by atoms with Crippen LogP contribution in [0.2, 0.25) is 0 Å². The van der Waals surface area contributed by atoms with Crippen LogP contribution in [0, 0.1) is 5.82 Å². The molecule has 0 spiro atoms. The van der Waals surface area contributed by atoms with E-state index >= 15 is 0 Å². The van der Waals surface area contributed by atoms with Crippen LogP contribution in [0.4, 0.5) is 4.39 Å². The van der Waals surface area contributed by atoms with E-state index in [9.17, 15) is 27.2 Å². The van der Waals surface area contributed by atoms with Crippen LogP contribution in [-0.4, -0.2) is 76.5 Å². The number of amides is 3. The molecule has 1 aromatic heterocycles. The van der Waals surface area contributed by atoms with E-state index < -0.39 is 58.9 Å². The summed E-state index contributed by atoms with van der Waals surface area (Å²) in [5, 5.41) is 7.18. The van der Waals surface area contributed by atoms with E-state index in [0.29, 0.717) is 11.3 Å². The molecule has 0 saturated carbocycles. The van der Waals surface area contributed by atoms with Crippen molar-refractivity contribution in [2.75, 3.05) is 33.4 Å². The third kappa shape index (κ3) is 7.42. The Kier molecular flexibility index (Phi) is 9.13. The minimum Gasteiger partial charge on any atom is -0.493 e. The number of thiophene rings is 1. The van der Waals surface area contributed by atoms with Crippen molar-refractivity contribution in [3.63, 3.8) is 0 Å². The fourth-order valence-corrected chi connectivity index (χ4v) is 6.78. The quantitative estimate of drug-likeness (QED) is 0.384. The van der Waals surface area contributed by atoms with Crippen LogP contribution >= 0.6 is 11.3 Å². The molecule has 43 heavy (non-hydrogen) atoms. The number of hydrogen-bond acceptors (Lipinski definition) is 9. The van der Waals surface area contributed by atoms with Gasteiger partial charge in [0.1, 0.15) is 21.9 Å².